The van der Waals surface area contributed by atoms with Gasteiger partial charge >= 0.3 is 0 Å². The number of fused-ring (bicyclic) bond motifs is 2. The normalized spacial score (nSPS) is 14.7. The molecule has 0 unspecified atom stereocenters. The Morgan fingerprint density at radius 2 is 2.00 bits per heavy atom. The quantitative estimate of drug-likeness (QED) is 0.640. The molecule has 7 nitrogen and oxygen atoms in total. The average Bonchev–Trinajstić information content (AvgIpc) is 3.17. The van der Waals surface area contributed by atoms with Gasteiger partial charge < -0.3 is 15.4 Å². The third-order valence-corrected chi connectivity index (χ3v) is 5.45. The number of aromatic nitrogens is 2. The van der Waals surface area contributed by atoms with E-state index in [0.717, 1.165) is 24.3 Å². The lowest BCUT2D eigenvalue weighted by molar-refractivity contribution is 0.0932. The average molecular weight is 428 g/mol. The highest BCUT2D eigenvalue weighted by molar-refractivity contribution is 6.40. The van der Waals surface area contributed by atoms with Crippen LogP contribution >= 0.6 is 23.2 Å². The van der Waals surface area contributed by atoms with E-state index in [-0.39, 0.29) is 24.1 Å². The van der Waals surface area contributed by atoms with Gasteiger partial charge in [0.25, 0.3) is 5.91 Å². The summed E-state index contributed by atoms with van der Waals surface area (Å²) < 4.78 is 5.71. The molecule has 1 amide bonds. The first-order valence-electron chi connectivity index (χ1n) is 9.00. The van der Waals surface area contributed by atoms with Crippen molar-refractivity contribution < 1.29 is 9.53 Å². The number of carbonyl (C=O) groups excluding carboxylic acids is 1. The van der Waals surface area contributed by atoms with E-state index < -0.39 is 0 Å². The molecule has 0 radical (unpaired) electrons. The Hall–Kier alpha value is -3.03. The van der Waals surface area contributed by atoms with E-state index >= 15 is 0 Å². The zero-order valence-electron chi connectivity index (χ0n) is 15.1. The second kappa shape index (κ2) is 7.09. The molecule has 5 rings (SSSR count). The lowest BCUT2D eigenvalue weighted by Crippen LogP contribution is -2.39. The highest BCUT2D eigenvalue weighted by atomic mass is 35.5. The van der Waals surface area contributed by atoms with Crippen molar-refractivity contribution in [3.05, 3.63) is 63.8 Å². The van der Waals surface area contributed by atoms with Crippen LogP contribution in [0.4, 0.5) is 23.0 Å². The summed E-state index contributed by atoms with van der Waals surface area (Å²) in [5, 5.41) is 7.21. The van der Waals surface area contributed by atoms with E-state index in [1.807, 2.05) is 12.1 Å². The van der Waals surface area contributed by atoms with Crippen LogP contribution in [0.25, 0.3) is 0 Å². The molecule has 2 aromatic carbocycles. The number of ether oxygens (including phenoxy) is 1. The Kier molecular flexibility index (Phi) is 4.41. The van der Waals surface area contributed by atoms with E-state index in [0.29, 0.717) is 21.7 Å². The van der Waals surface area contributed by atoms with E-state index in [4.69, 9.17) is 27.9 Å². The maximum Gasteiger partial charge on any atom is 0.268 e. The molecule has 29 heavy (non-hydrogen) atoms. The van der Waals surface area contributed by atoms with Crippen molar-refractivity contribution in [3.8, 4) is 5.88 Å². The molecule has 2 N–H and O–H groups in total. The van der Waals surface area contributed by atoms with Gasteiger partial charge in [-0.05, 0) is 42.3 Å². The molecule has 0 saturated heterocycles. The standard InChI is InChI=1S/C20H15Cl2N5O2/c21-14-2-1-3-15(22)17(14)27-10-29-18-13(19(27)28)9-24-20(26-18)25-12-4-5-16-11(8-12)6-7-23-16/h1-5,8-9,23H,6-7,10H2,(H,24,25,26). The first kappa shape index (κ1) is 18.0. The number of halogens is 2. The predicted molar refractivity (Wildman–Crippen MR) is 113 cm³/mol. The fourth-order valence-corrected chi connectivity index (χ4v) is 4.04. The Morgan fingerprint density at radius 3 is 2.83 bits per heavy atom. The Morgan fingerprint density at radius 1 is 1.17 bits per heavy atom. The summed E-state index contributed by atoms with van der Waals surface area (Å²) in [7, 11) is 0. The highest BCUT2D eigenvalue weighted by Gasteiger charge is 2.31. The van der Waals surface area contributed by atoms with Gasteiger partial charge in [-0.1, -0.05) is 29.3 Å². The second-order valence-electron chi connectivity index (χ2n) is 6.66. The number of para-hydroxylation sites is 1. The summed E-state index contributed by atoms with van der Waals surface area (Å²) in [6, 6.07) is 11.1. The fourth-order valence-electron chi connectivity index (χ4n) is 3.44. The number of rotatable bonds is 3. The van der Waals surface area contributed by atoms with Crippen LogP contribution in [-0.4, -0.2) is 29.2 Å². The third kappa shape index (κ3) is 3.22. The van der Waals surface area contributed by atoms with Crippen LogP contribution in [0.5, 0.6) is 5.88 Å². The molecular formula is C20H15Cl2N5O2. The van der Waals surface area contributed by atoms with E-state index in [9.17, 15) is 4.79 Å². The molecule has 0 aliphatic carbocycles. The molecule has 1 aromatic heterocycles. The number of nitrogens with zero attached hydrogens (tertiary/aromatic N) is 3. The second-order valence-corrected chi connectivity index (χ2v) is 7.48. The minimum atomic E-state index is -0.323. The zero-order chi connectivity index (χ0) is 20.0. The molecule has 3 heterocycles. The Labute approximate surface area is 176 Å². The number of hydrogen-bond donors (Lipinski definition) is 2. The minimum absolute atomic E-state index is 0.0454. The predicted octanol–water partition coefficient (Wildman–Crippen LogP) is 4.49. The lowest BCUT2D eigenvalue weighted by Gasteiger charge is -2.29. The van der Waals surface area contributed by atoms with Gasteiger partial charge in [0, 0.05) is 24.1 Å². The maximum atomic E-state index is 12.9. The first-order chi connectivity index (χ1) is 14.1. The van der Waals surface area contributed by atoms with Crippen LogP contribution in [0.15, 0.2) is 42.6 Å². The summed E-state index contributed by atoms with van der Waals surface area (Å²) in [6.07, 6.45) is 2.42. The number of hydrogen-bond acceptors (Lipinski definition) is 6. The Balaban J connectivity index is 1.41. The molecule has 0 spiro atoms. The van der Waals surface area contributed by atoms with Crippen LogP contribution in [0.2, 0.25) is 10.0 Å². The lowest BCUT2D eigenvalue weighted by atomic mass is 10.1. The molecule has 0 atom stereocenters. The van der Waals surface area contributed by atoms with E-state index in [2.05, 4.69) is 26.7 Å². The van der Waals surface area contributed by atoms with Crippen molar-refractivity contribution in [2.75, 3.05) is 28.8 Å². The van der Waals surface area contributed by atoms with Crippen LogP contribution in [-0.2, 0) is 6.42 Å². The van der Waals surface area contributed by atoms with E-state index in [1.54, 1.807) is 18.2 Å². The number of benzene rings is 2. The van der Waals surface area contributed by atoms with Crippen LogP contribution in [0, 0.1) is 0 Å². The molecule has 2 aliphatic rings. The number of nitrogens with one attached hydrogen (secondary N) is 2. The molecule has 0 saturated carbocycles. The van der Waals surface area contributed by atoms with Gasteiger partial charge in [-0.2, -0.15) is 4.98 Å². The fraction of sp³-hybridized carbons (Fsp3) is 0.150. The van der Waals surface area contributed by atoms with Gasteiger partial charge in [-0.25, -0.2) is 4.98 Å². The smallest absolute Gasteiger partial charge is 0.268 e. The summed E-state index contributed by atoms with van der Waals surface area (Å²) in [6.45, 7) is 0.895. The van der Waals surface area contributed by atoms with Gasteiger partial charge in [-0.3, -0.25) is 9.69 Å². The van der Waals surface area contributed by atoms with Gasteiger partial charge in [-0.15, -0.1) is 0 Å². The molecule has 3 aromatic rings. The van der Waals surface area contributed by atoms with Gasteiger partial charge in [0.05, 0.1) is 15.7 Å². The van der Waals surface area contributed by atoms with Crippen molar-refractivity contribution >= 4 is 52.1 Å². The molecule has 0 fully saturated rings. The SMILES string of the molecule is O=C1c2cnc(Nc3ccc4c(c3)CCN4)nc2OCN1c1c(Cl)cccc1Cl. The zero-order valence-corrected chi connectivity index (χ0v) is 16.6. The molecule has 2 aliphatic heterocycles. The molecule has 146 valence electrons. The molecule has 0 bridgehead atoms. The topological polar surface area (TPSA) is 79.4 Å². The van der Waals surface area contributed by atoms with Crippen molar-refractivity contribution in [1.82, 2.24) is 9.97 Å². The summed E-state index contributed by atoms with van der Waals surface area (Å²) in [5.41, 5.74) is 3.91. The summed E-state index contributed by atoms with van der Waals surface area (Å²) >= 11 is 12.5. The van der Waals surface area contributed by atoms with Crippen LogP contribution < -0.4 is 20.3 Å². The summed E-state index contributed by atoms with van der Waals surface area (Å²) in [5.74, 6) is 0.248. The van der Waals surface area contributed by atoms with Gasteiger partial charge in [0.2, 0.25) is 11.8 Å². The first-order valence-corrected chi connectivity index (χ1v) is 9.75. The van der Waals surface area contributed by atoms with Crippen molar-refractivity contribution in [1.29, 1.82) is 0 Å². The van der Waals surface area contributed by atoms with E-state index in [1.165, 1.54) is 16.7 Å². The maximum absolute atomic E-state index is 12.9. The van der Waals surface area contributed by atoms with Crippen molar-refractivity contribution in [3.63, 3.8) is 0 Å². The monoisotopic (exact) mass is 427 g/mol. The van der Waals surface area contributed by atoms with Crippen LogP contribution in [0.3, 0.4) is 0 Å². The largest absolute Gasteiger partial charge is 0.455 e. The van der Waals surface area contributed by atoms with Gasteiger partial charge in [0.15, 0.2) is 6.73 Å². The van der Waals surface area contributed by atoms with Gasteiger partial charge in [0.1, 0.15) is 5.56 Å². The number of carbonyl (C=O) groups is 1. The minimum Gasteiger partial charge on any atom is -0.455 e. The Bertz CT molecular complexity index is 1120. The summed E-state index contributed by atoms with van der Waals surface area (Å²) in [4.78, 5) is 22.9. The molecular weight excluding hydrogens is 413 g/mol. The van der Waals surface area contributed by atoms with Crippen molar-refractivity contribution in [2.24, 2.45) is 0 Å². The highest BCUT2D eigenvalue weighted by Crippen LogP contribution is 2.37. The van der Waals surface area contributed by atoms with Crippen molar-refractivity contribution in [2.45, 2.75) is 6.42 Å². The van der Waals surface area contributed by atoms with Crippen LogP contribution in [0.1, 0.15) is 15.9 Å². The molecule has 9 heteroatoms. The third-order valence-electron chi connectivity index (χ3n) is 4.84. The number of amides is 1. The number of anilines is 4.